The summed E-state index contributed by atoms with van der Waals surface area (Å²) >= 11 is 0. The van der Waals surface area contributed by atoms with Crippen LogP contribution in [0.15, 0.2) is 66.9 Å². The molecule has 5 rings (SSSR count). The number of H-pyrrole nitrogens is 1. The van der Waals surface area contributed by atoms with Gasteiger partial charge in [0.2, 0.25) is 0 Å². The minimum Gasteiger partial charge on any atom is -0.486 e. The summed E-state index contributed by atoms with van der Waals surface area (Å²) in [5.41, 5.74) is 4.48. The Hall–Kier alpha value is -3.85. The van der Waals surface area contributed by atoms with E-state index in [0.717, 1.165) is 27.6 Å². The first-order valence-corrected chi connectivity index (χ1v) is 11.8. The topological polar surface area (TPSA) is 113 Å². The number of aromatic amines is 1. The average Bonchev–Trinajstić information content (AvgIpc) is 3.34. The third-order valence-corrected chi connectivity index (χ3v) is 6.34. The maximum Gasteiger partial charge on any atom is 0.337 e. The standard InChI is InChI=1S/C28H28N2O6/c1-34-28(33)18-6-4-5-17(11-18)19-13-23(26-25(14-19)35-9-10-36-26)27(32)30-21(16-31)12-20-15-29-24-8-3-2-7-22(20)24/h2-8,11,13-15,21,27,29-32H,9-10,12,16H2,1H3/t21-,27?/m1/s1. The summed E-state index contributed by atoms with van der Waals surface area (Å²) in [6, 6.07) is 18.2. The Balaban J connectivity index is 1.44. The van der Waals surface area contributed by atoms with Crippen LogP contribution in [0.25, 0.3) is 22.0 Å². The molecule has 0 fully saturated rings. The smallest absolute Gasteiger partial charge is 0.337 e. The van der Waals surface area contributed by atoms with Crippen molar-refractivity contribution in [1.82, 2.24) is 10.3 Å². The first kappa shape index (κ1) is 23.9. The lowest BCUT2D eigenvalue weighted by molar-refractivity contribution is 0.0600. The molecule has 0 spiro atoms. The van der Waals surface area contributed by atoms with Gasteiger partial charge in [0.25, 0.3) is 0 Å². The number of fused-ring (bicyclic) bond motifs is 2. The first-order chi connectivity index (χ1) is 17.6. The van der Waals surface area contributed by atoms with Crippen molar-refractivity contribution in [3.8, 4) is 22.6 Å². The molecule has 4 aromatic rings. The molecule has 186 valence electrons. The van der Waals surface area contributed by atoms with Gasteiger partial charge < -0.3 is 29.4 Å². The fourth-order valence-electron chi connectivity index (χ4n) is 4.55. The summed E-state index contributed by atoms with van der Waals surface area (Å²) in [6.07, 6.45) is 1.30. The second-order valence-electron chi connectivity index (χ2n) is 8.67. The van der Waals surface area contributed by atoms with E-state index in [4.69, 9.17) is 14.2 Å². The average molecular weight is 489 g/mol. The Morgan fingerprint density at radius 3 is 2.75 bits per heavy atom. The van der Waals surface area contributed by atoms with Crippen LogP contribution in [0.5, 0.6) is 11.5 Å². The highest BCUT2D eigenvalue weighted by Crippen LogP contribution is 2.41. The molecule has 8 heteroatoms. The molecule has 1 aliphatic heterocycles. The molecular formula is C28H28N2O6. The number of para-hydroxylation sites is 1. The number of rotatable bonds is 8. The van der Waals surface area contributed by atoms with Crippen molar-refractivity contribution < 1.29 is 29.2 Å². The molecule has 0 radical (unpaired) electrons. The third-order valence-electron chi connectivity index (χ3n) is 6.34. The molecule has 8 nitrogen and oxygen atoms in total. The highest BCUT2D eigenvalue weighted by molar-refractivity contribution is 5.91. The Bertz CT molecular complexity index is 1380. The van der Waals surface area contributed by atoms with E-state index in [2.05, 4.69) is 10.3 Å². The minimum atomic E-state index is -1.13. The number of aromatic nitrogens is 1. The molecule has 0 amide bonds. The van der Waals surface area contributed by atoms with E-state index in [1.807, 2.05) is 48.7 Å². The van der Waals surface area contributed by atoms with Gasteiger partial charge >= 0.3 is 5.97 Å². The number of ether oxygens (including phenoxy) is 3. The second-order valence-corrected chi connectivity index (χ2v) is 8.67. The third kappa shape index (κ3) is 4.79. The molecule has 0 bridgehead atoms. The lowest BCUT2D eigenvalue weighted by atomic mass is 9.98. The van der Waals surface area contributed by atoms with Gasteiger partial charge in [-0.1, -0.05) is 30.3 Å². The van der Waals surface area contributed by atoms with Crippen molar-refractivity contribution in [3.05, 3.63) is 83.6 Å². The number of methoxy groups -OCH3 is 1. The molecule has 4 N–H and O–H groups in total. The Labute approximate surface area is 208 Å². The van der Waals surface area contributed by atoms with Crippen molar-refractivity contribution in [2.45, 2.75) is 18.7 Å². The lowest BCUT2D eigenvalue weighted by Crippen LogP contribution is -2.37. The molecule has 0 saturated heterocycles. The van der Waals surface area contributed by atoms with E-state index in [-0.39, 0.29) is 6.61 Å². The fraction of sp³-hybridized carbons (Fsp3) is 0.250. The van der Waals surface area contributed by atoms with E-state index in [1.165, 1.54) is 7.11 Å². The Kier molecular flexibility index (Phi) is 6.90. The van der Waals surface area contributed by atoms with Crippen LogP contribution in [-0.4, -0.2) is 54.1 Å². The summed E-state index contributed by atoms with van der Waals surface area (Å²) in [5, 5.41) is 25.5. The maximum atomic E-state index is 12.0. The van der Waals surface area contributed by atoms with E-state index >= 15 is 0 Å². The van der Waals surface area contributed by atoms with Crippen LogP contribution < -0.4 is 14.8 Å². The summed E-state index contributed by atoms with van der Waals surface area (Å²) in [5.74, 6) is 0.535. The van der Waals surface area contributed by atoms with Crippen molar-refractivity contribution in [2.75, 3.05) is 26.9 Å². The molecule has 2 heterocycles. The highest BCUT2D eigenvalue weighted by Gasteiger charge is 2.25. The predicted molar refractivity (Wildman–Crippen MR) is 135 cm³/mol. The number of benzene rings is 3. The van der Waals surface area contributed by atoms with Gasteiger partial charge in [-0.05, 0) is 53.4 Å². The number of carbonyl (C=O) groups excluding carboxylic acids is 1. The van der Waals surface area contributed by atoms with E-state index in [9.17, 15) is 15.0 Å². The van der Waals surface area contributed by atoms with E-state index in [0.29, 0.717) is 42.3 Å². The van der Waals surface area contributed by atoms with Crippen LogP contribution in [0, 0.1) is 0 Å². The SMILES string of the molecule is COC(=O)c1cccc(-c2cc3c(c(C(O)N[C@@H](CO)Cc4c[nH]c5ccccc45)c2)OCCO3)c1. The summed E-state index contributed by atoms with van der Waals surface area (Å²) in [4.78, 5) is 15.3. The van der Waals surface area contributed by atoms with Gasteiger partial charge in [0.1, 0.15) is 19.4 Å². The van der Waals surface area contributed by atoms with Gasteiger partial charge in [0.15, 0.2) is 11.5 Å². The number of nitrogens with one attached hydrogen (secondary N) is 2. The quantitative estimate of drug-likeness (QED) is 0.222. The number of carbonyl (C=O) groups is 1. The zero-order valence-electron chi connectivity index (χ0n) is 19.9. The van der Waals surface area contributed by atoms with Gasteiger partial charge in [-0.2, -0.15) is 0 Å². The number of aliphatic hydroxyl groups excluding tert-OH is 2. The fourth-order valence-corrected chi connectivity index (χ4v) is 4.55. The lowest BCUT2D eigenvalue weighted by Gasteiger charge is -2.27. The largest absolute Gasteiger partial charge is 0.486 e. The van der Waals surface area contributed by atoms with Crippen LogP contribution in [0.4, 0.5) is 0 Å². The van der Waals surface area contributed by atoms with Crippen molar-refractivity contribution >= 4 is 16.9 Å². The number of aliphatic hydroxyl groups is 2. The second kappa shape index (κ2) is 10.4. The van der Waals surface area contributed by atoms with Crippen molar-refractivity contribution in [2.24, 2.45) is 0 Å². The van der Waals surface area contributed by atoms with Crippen LogP contribution >= 0.6 is 0 Å². The van der Waals surface area contributed by atoms with Gasteiger partial charge in [-0.25, -0.2) is 4.79 Å². The van der Waals surface area contributed by atoms with Gasteiger partial charge in [0.05, 0.1) is 19.3 Å². The van der Waals surface area contributed by atoms with Crippen molar-refractivity contribution in [3.63, 3.8) is 0 Å². The highest BCUT2D eigenvalue weighted by atomic mass is 16.6. The van der Waals surface area contributed by atoms with Crippen molar-refractivity contribution in [1.29, 1.82) is 0 Å². The Morgan fingerprint density at radius 1 is 1.08 bits per heavy atom. The summed E-state index contributed by atoms with van der Waals surface area (Å²) in [7, 11) is 1.34. The molecule has 3 aromatic carbocycles. The van der Waals surface area contributed by atoms with Crippen LogP contribution in [0.1, 0.15) is 27.7 Å². The van der Waals surface area contributed by atoms with E-state index < -0.39 is 18.2 Å². The molecule has 0 saturated carbocycles. The van der Waals surface area contributed by atoms with Gasteiger partial charge in [-0.3, -0.25) is 5.32 Å². The molecule has 36 heavy (non-hydrogen) atoms. The molecule has 1 unspecified atom stereocenters. The van der Waals surface area contributed by atoms with Gasteiger partial charge in [-0.15, -0.1) is 0 Å². The van der Waals surface area contributed by atoms with Crippen LogP contribution in [-0.2, 0) is 11.2 Å². The summed E-state index contributed by atoms with van der Waals surface area (Å²) < 4.78 is 16.5. The molecule has 1 aliphatic rings. The number of hydrogen-bond donors (Lipinski definition) is 4. The zero-order chi connectivity index (χ0) is 25.1. The molecule has 1 aromatic heterocycles. The minimum absolute atomic E-state index is 0.170. The van der Waals surface area contributed by atoms with Crippen LogP contribution in [0.3, 0.4) is 0 Å². The molecule has 0 aliphatic carbocycles. The molecular weight excluding hydrogens is 460 g/mol. The normalized spacial score (nSPS) is 14.4. The zero-order valence-corrected chi connectivity index (χ0v) is 19.9. The van der Waals surface area contributed by atoms with E-state index in [1.54, 1.807) is 18.2 Å². The predicted octanol–water partition coefficient (Wildman–Crippen LogP) is 3.58. The monoisotopic (exact) mass is 488 g/mol. The van der Waals surface area contributed by atoms with Gasteiger partial charge in [0, 0.05) is 28.7 Å². The Morgan fingerprint density at radius 2 is 1.92 bits per heavy atom. The first-order valence-electron chi connectivity index (χ1n) is 11.8. The number of esters is 1. The summed E-state index contributed by atoms with van der Waals surface area (Å²) in [6.45, 7) is 0.584. The van der Waals surface area contributed by atoms with Crippen LogP contribution in [0.2, 0.25) is 0 Å². The number of hydrogen-bond acceptors (Lipinski definition) is 7. The molecule has 2 atom stereocenters. The maximum absolute atomic E-state index is 12.0.